The van der Waals surface area contributed by atoms with Crippen LogP contribution < -0.4 is 5.32 Å². The van der Waals surface area contributed by atoms with Crippen LogP contribution in [0.3, 0.4) is 0 Å². The molecule has 0 spiro atoms. The Balaban J connectivity index is 0.00000231. The lowest BCUT2D eigenvalue weighted by molar-refractivity contribution is 0.591. The van der Waals surface area contributed by atoms with Crippen molar-refractivity contribution in [1.29, 1.82) is 0 Å². The van der Waals surface area contributed by atoms with Crippen LogP contribution in [-0.2, 0) is 6.54 Å². The van der Waals surface area contributed by atoms with Crippen molar-refractivity contribution >= 4 is 41.3 Å². The van der Waals surface area contributed by atoms with Crippen LogP contribution in [-0.4, -0.2) is 21.1 Å². The Kier molecular flexibility index (Phi) is 4.35. The standard InChI is InChI=1S/C21H16Cl2N4.ClH/c22-19-5-2-14(8-20(19)23)18-10-24-9-16-7-13(1-4-17(16)18)15-3-6-21-25-12-26-27(21)11-15;/h1-8,11-12,18,24H,9-10H2;1H/i10D2,18D;. The zero-order chi connectivity index (χ0) is 21.1. The minimum atomic E-state index is -2.00. The summed E-state index contributed by atoms with van der Waals surface area (Å²) in [5, 5.41) is 7.72. The molecule has 0 saturated carbocycles. The van der Waals surface area contributed by atoms with Crippen molar-refractivity contribution in [3.05, 3.63) is 87.8 Å². The quantitative estimate of drug-likeness (QED) is 0.462. The third-order valence-electron chi connectivity index (χ3n) is 4.68. The fourth-order valence-corrected chi connectivity index (χ4v) is 3.62. The summed E-state index contributed by atoms with van der Waals surface area (Å²) in [5.41, 5.74) is 4.54. The van der Waals surface area contributed by atoms with Crippen molar-refractivity contribution in [2.45, 2.75) is 12.4 Å². The number of fused-ring (bicyclic) bond motifs is 2. The zero-order valence-electron chi connectivity index (χ0n) is 17.5. The number of rotatable bonds is 2. The molecule has 7 heteroatoms. The molecule has 1 atom stereocenters. The van der Waals surface area contributed by atoms with E-state index in [-0.39, 0.29) is 12.4 Å². The van der Waals surface area contributed by atoms with Gasteiger partial charge in [0, 0.05) is 34.8 Å². The third kappa shape index (κ3) is 3.38. The highest BCUT2D eigenvalue weighted by atomic mass is 35.5. The Bertz CT molecular complexity index is 1290. The van der Waals surface area contributed by atoms with Crippen LogP contribution in [0.5, 0.6) is 0 Å². The summed E-state index contributed by atoms with van der Waals surface area (Å²) >= 11 is 12.2. The van der Waals surface area contributed by atoms with E-state index in [0.29, 0.717) is 27.7 Å². The fraction of sp³-hybridized carbons (Fsp3) is 0.143. The molecule has 0 fully saturated rings. The topological polar surface area (TPSA) is 42.2 Å². The van der Waals surface area contributed by atoms with E-state index in [9.17, 15) is 1.37 Å². The van der Waals surface area contributed by atoms with Crippen molar-refractivity contribution in [2.75, 3.05) is 6.50 Å². The molecule has 5 rings (SSSR count). The van der Waals surface area contributed by atoms with Crippen molar-refractivity contribution < 1.29 is 4.11 Å². The molecule has 4 nitrogen and oxygen atoms in total. The van der Waals surface area contributed by atoms with E-state index in [2.05, 4.69) is 15.4 Å². The molecule has 0 bridgehead atoms. The molecule has 142 valence electrons. The van der Waals surface area contributed by atoms with Crippen LogP contribution in [0.1, 0.15) is 26.7 Å². The molecule has 1 aliphatic rings. The molecule has 1 N–H and O–H groups in total. The maximum Gasteiger partial charge on any atom is 0.155 e. The number of hydrogen-bond donors (Lipinski definition) is 1. The van der Waals surface area contributed by atoms with Gasteiger partial charge in [0.15, 0.2) is 5.65 Å². The Labute approximate surface area is 183 Å². The fourth-order valence-electron chi connectivity index (χ4n) is 3.33. The average Bonchev–Trinajstić information content (AvgIpc) is 3.20. The monoisotopic (exact) mass is 433 g/mol. The smallest absolute Gasteiger partial charge is 0.155 e. The van der Waals surface area contributed by atoms with Gasteiger partial charge in [0.2, 0.25) is 0 Å². The van der Waals surface area contributed by atoms with Crippen LogP contribution >= 0.6 is 35.6 Å². The number of pyridine rings is 1. The molecule has 0 saturated heterocycles. The van der Waals surface area contributed by atoms with Gasteiger partial charge in [-0.2, -0.15) is 5.10 Å². The minimum absolute atomic E-state index is 0. The molecule has 0 amide bonds. The maximum atomic E-state index is 9.21. The number of nitrogens with zero attached hydrogens (tertiary/aromatic N) is 3. The predicted molar refractivity (Wildman–Crippen MR) is 116 cm³/mol. The van der Waals surface area contributed by atoms with Gasteiger partial charge in [0.05, 0.1) is 10.0 Å². The molecule has 28 heavy (non-hydrogen) atoms. The van der Waals surface area contributed by atoms with E-state index < -0.39 is 12.4 Å². The first kappa shape index (κ1) is 15.8. The number of benzene rings is 2. The molecule has 2 aromatic carbocycles. The van der Waals surface area contributed by atoms with Gasteiger partial charge in [-0.15, -0.1) is 12.4 Å². The normalized spacial score (nSPS) is 21.9. The van der Waals surface area contributed by atoms with Gasteiger partial charge in [-0.1, -0.05) is 41.4 Å². The minimum Gasteiger partial charge on any atom is -0.312 e. The van der Waals surface area contributed by atoms with Gasteiger partial charge >= 0.3 is 0 Å². The van der Waals surface area contributed by atoms with Crippen LogP contribution in [0.4, 0.5) is 0 Å². The van der Waals surface area contributed by atoms with E-state index in [0.717, 1.165) is 22.3 Å². The van der Waals surface area contributed by atoms with Crippen LogP contribution in [0.25, 0.3) is 16.8 Å². The zero-order valence-corrected chi connectivity index (χ0v) is 16.8. The largest absolute Gasteiger partial charge is 0.312 e. The Morgan fingerprint density at radius 3 is 2.79 bits per heavy atom. The van der Waals surface area contributed by atoms with Crippen molar-refractivity contribution in [1.82, 2.24) is 19.9 Å². The summed E-state index contributed by atoms with van der Waals surface area (Å²) in [6.07, 6.45) is 3.40. The molecular weight excluding hydrogens is 415 g/mol. The molecule has 0 radical (unpaired) electrons. The molecule has 4 aromatic rings. The SMILES string of the molecule is Cl.[2H]C1([2H])NCc2cc(-c3ccc4ncnn4c3)ccc2C1([2H])c1ccc(Cl)c(Cl)c1. The van der Waals surface area contributed by atoms with E-state index in [1.165, 1.54) is 6.33 Å². The molecule has 3 heterocycles. The molecule has 0 aliphatic carbocycles. The highest BCUT2D eigenvalue weighted by molar-refractivity contribution is 6.42. The summed E-state index contributed by atoms with van der Waals surface area (Å²) in [4.78, 5) is 4.16. The Morgan fingerprint density at radius 1 is 1.07 bits per heavy atom. The van der Waals surface area contributed by atoms with Gasteiger partial charge in [-0.25, -0.2) is 9.50 Å². The third-order valence-corrected chi connectivity index (χ3v) is 5.42. The number of halogens is 3. The number of hydrogen-bond acceptors (Lipinski definition) is 3. The maximum absolute atomic E-state index is 9.21. The van der Waals surface area contributed by atoms with Crippen LogP contribution in [0.15, 0.2) is 61.1 Å². The summed E-state index contributed by atoms with van der Waals surface area (Å²) in [6, 6.07) is 14.4. The molecule has 1 aliphatic heterocycles. The van der Waals surface area contributed by atoms with E-state index >= 15 is 0 Å². The van der Waals surface area contributed by atoms with Gasteiger partial charge < -0.3 is 5.32 Å². The molecule has 1 unspecified atom stereocenters. The number of aromatic nitrogens is 3. The summed E-state index contributed by atoms with van der Waals surface area (Å²) in [6.45, 7) is -1.69. The summed E-state index contributed by atoms with van der Waals surface area (Å²) in [7, 11) is 0. The van der Waals surface area contributed by atoms with Crippen molar-refractivity contribution in [3.8, 4) is 11.1 Å². The summed E-state index contributed by atoms with van der Waals surface area (Å²) < 4.78 is 28.0. The predicted octanol–water partition coefficient (Wildman–Crippen LogP) is 5.36. The lowest BCUT2D eigenvalue weighted by Gasteiger charge is -2.27. The first-order chi connectivity index (χ1) is 14.3. The van der Waals surface area contributed by atoms with Crippen LogP contribution in [0.2, 0.25) is 10.0 Å². The highest BCUT2D eigenvalue weighted by Crippen LogP contribution is 2.35. The van der Waals surface area contributed by atoms with Gasteiger partial charge in [-0.3, -0.25) is 0 Å². The van der Waals surface area contributed by atoms with Gasteiger partial charge in [-0.05, 0) is 52.6 Å². The second kappa shape index (κ2) is 7.72. The first-order valence-electron chi connectivity index (χ1n) is 9.93. The Hall–Kier alpha value is -2.11. The summed E-state index contributed by atoms with van der Waals surface area (Å²) in [5.74, 6) is -1.69. The lowest BCUT2D eigenvalue weighted by atomic mass is 9.84. The second-order valence-corrected chi connectivity index (χ2v) is 7.15. The number of nitrogens with one attached hydrogen (secondary N) is 1. The Morgan fingerprint density at radius 2 is 1.93 bits per heavy atom. The lowest BCUT2D eigenvalue weighted by Crippen LogP contribution is -2.28. The van der Waals surface area contributed by atoms with Gasteiger partial charge in [0.1, 0.15) is 6.33 Å². The van der Waals surface area contributed by atoms with E-state index in [1.807, 2.05) is 36.5 Å². The second-order valence-electron chi connectivity index (χ2n) is 6.33. The average molecular weight is 435 g/mol. The van der Waals surface area contributed by atoms with Crippen molar-refractivity contribution in [3.63, 3.8) is 0 Å². The van der Waals surface area contributed by atoms with Crippen LogP contribution in [0, 0.1) is 0 Å². The van der Waals surface area contributed by atoms with E-state index in [1.54, 1.807) is 22.7 Å². The highest BCUT2D eigenvalue weighted by Gasteiger charge is 2.22. The van der Waals surface area contributed by atoms with Crippen molar-refractivity contribution in [2.24, 2.45) is 0 Å². The molecule has 2 aromatic heterocycles. The first-order valence-corrected chi connectivity index (χ1v) is 9.19. The van der Waals surface area contributed by atoms with E-state index in [4.69, 9.17) is 25.9 Å². The van der Waals surface area contributed by atoms with Gasteiger partial charge in [0.25, 0.3) is 0 Å². The molecular formula is C21H17Cl3N4.